The van der Waals surface area contributed by atoms with Gasteiger partial charge in [-0.3, -0.25) is 18.6 Å². The lowest BCUT2D eigenvalue weighted by Crippen LogP contribution is -2.29. The number of unbranched alkanes of at least 4 members (excludes halogenated alkanes) is 27. The van der Waals surface area contributed by atoms with E-state index in [1.165, 1.54) is 141 Å². The van der Waals surface area contributed by atoms with Gasteiger partial charge >= 0.3 is 19.8 Å². The summed E-state index contributed by atoms with van der Waals surface area (Å²) in [5.41, 5.74) is 0. The molecule has 0 bridgehead atoms. The molecule has 0 aromatic carbocycles. The van der Waals surface area contributed by atoms with Crippen molar-refractivity contribution in [1.82, 2.24) is 0 Å². The average molecular weight is 825 g/mol. The van der Waals surface area contributed by atoms with E-state index in [9.17, 15) is 19.0 Å². The quantitative estimate of drug-likeness (QED) is 0.0280. The van der Waals surface area contributed by atoms with E-state index in [4.69, 9.17) is 14.0 Å². The number of carbonyl (C=O) groups is 2. The van der Waals surface area contributed by atoms with Crippen LogP contribution >= 0.6 is 7.82 Å². The third kappa shape index (κ3) is 43.7. The molecular formula is C48H89O8P. The molecule has 57 heavy (non-hydrogen) atoms. The van der Waals surface area contributed by atoms with Crippen molar-refractivity contribution in [3.63, 3.8) is 0 Å². The maximum atomic E-state index is 12.5. The van der Waals surface area contributed by atoms with E-state index in [-0.39, 0.29) is 19.0 Å². The summed E-state index contributed by atoms with van der Waals surface area (Å²) >= 11 is 0. The molecule has 9 heteroatoms. The van der Waals surface area contributed by atoms with Gasteiger partial charge in [-0.25, -0.2) is 4.57 Å². The molecule has 0 saturated heterocycles. The molecule has 0 rings (SSSR count). The first-order valence-corrected chi connectivity index (χ1v) is 25.2. The molecule has 2 atom stereocenters. The van der Waals surface area contributed by atoms with Crippen molar-refractivity contribution >= 4 is 19.8 Å². The van der Waals surface area contributed by atoms with E-state index in [1.54, 1.807) is 0 Å². The zero-order valence-electron chi connectivity index (χ0n) is 37.2. The van der Waals surface area contributed by atoms with Crippen molar-refractivity contribution in [2.75, 3.05) is 20.3 Å². The van der Waals surface area contributed by atoms with Gasteiger partial charge in [-0.15, -0.1) is 0 Å². The fourth-order valence-electron chi connectivity index (χ4n) is 6.73. The van der Waals surface area contributed by atoms with Gasteiger partial charge < -0.3 is 14.4 Å². The summed E-state index contributed by atoms with van der Waals surface area (Å²) in [5.74, 6) is -0.809. The third-order valence-electron chi connectivity index (χ3n) is 10.4. The standard InChI is InChI=1S/C48H89O8P/c1-4-6-8-10-12-14-16-18-20-22-24-26-28-30-32-34-36-38-40-42-47(49)54-44-46(45-55-57(51,52)53-3)56-48(50)43-41-39-37-35-33-31-29-27-25-23-21-19-17-15-13-11-9-7-5-2/h13,15,19,21,25,27,46H,4-12,14,16-18,20,22-24,26,28-45H2,1-3H3,(H,51,52)/b15-13-,21-19-,27-25-. The molecule has 0 spiro atoms. The first-order chi connectivity index (χ1) is 27.8. The molecule has 0 aromatic rings. The Bertz CT molecular complexity index is 1030. The van der Waals surface area contributed by atoms with E-state index >= 15 is 0 Å². The molecule has 0 aliphatic rings. The van der Waals surface area contributed by atoms with Crippen LogP contribution < -0.4 is 0 Å². The normalized spacial score (nSPS) is 13.5. The summed E-state index contributed by atoms with van der Waals surface area (Å²) in [5, 5.41) is 0. The van der Waals surface area contributed by atoms with Crippen LogP contribution in [0, 0.1) is 0 Å². The van der Waals surface area contributed by atoms with Gasteiger partial charge in [0.1, 0.15) is 6.61 Å². The molecule has 8 nitrogen and oxygen atoms in total. The van der Waals surface area contributed by atoms with Crippen LogP contribution in [-0.2, 0) is 32.7 Å². The molecule has 0 radical (unpaired) electrons. The smallest absolute Gasteiger partial charge is 0.462 e. The zero-order valence-corrected chi connectivity index (χ0v) is 38.1. The number of phosphoric acid groups is 1. The molecular weight excluding hydrogens is 735 g/mol. The van der Waals surface area contributed by atoms with Crippen LogP contribution in [0.2, 0.25) is 0 Å². The molecule has 1 N–H and O–H groups in total. The molecule has 0 aliphatic heterocycles. The summed E-state index contributed by atoms with van der Waals surface area (Å²) in [6, 6.07) is 0. The van der Waals surface area contributed by atoms with Crippen LogP contribution in [-0.4, -0.2) is 43.3 Å². The van der Waals surface area contributed by atoms with Crippen molar-refractivity contribution in [3.05, 3.63) is 36.5 Å². The van der Waals surface area contributed by atoms with E-state index < -0.39 is 26.5 Å². The number of esters is 2. The van der Waals surface area contributed by atoms with Gasteiger partial charge in [-0.05, 0) is 51.4 Å². The number of hydrogen-bond donors (Lipinski definition) is 1. The summed E-state index contributed by atoms with van der Waals surface area (Å²) in [6.07, 6.45) is 52.0. The van der Waals surface area contributed by atoms with Gasteiger partial charge in [0, 0.05) is 20.0 Å². The van der Waals surface area contributed by atoms with E-state index in [0.29, 0.717) is 12.8 Å². The fraction of sp³-hybridized carbons (Fsp3) is 0.833. The summed E-state index contributed by atoms with van der Waals surface area (Å²) in [4.78, 5) is 34.6. The minimum atomic E-state index is -4.27. The SMILES string of the molecule is CCCCC/C=C\C/C=C\C/C=C\CCCCCCCCC(=O)OC(COC(=O)CCCCCCCCCCCCCCCCCCCCC)COP(=O)(O)OC. The second-order valence-electron chi connectivity index (χ2n) is 15.9. The third-order valence-corrected chi connectivity index (χ3v) is 11.3. The number of hydrogen-bond acceptors (Lipinski definition) is 7. The predicted octanol–water partition coefficient (Wildman–Crippen LogP) is 15.2. The maximum absolute atomic E-state index is 12.5. The molecule has 0 aromatic heterocycles. The summed E-state index contributed by atoms with van der Waals surface area (Å²) in [6.45, 7) is 3.88. The number of ether oxygens (including phenoxy) is 2. The van der Waals surface area contributed by atoms with Gasteiger partial charge in [-0.1, -0.05) is 204 Å². The Hall–Kier alpha value is -1.73. The number of carbonyl (C=O) groups excluding carboxylic acids is 2. The molecule has 0 fully saturated rings. The van der Waals surface area contributed by atoms with E-state index in [0.717, 1.165) is 64.9 Å². The highest BCUT2D eigenvalue weighted by Gasteiger charge is 2.24. The Labute approximate surface area is 351 Å². The Morgan fingerprint density at radius 2 is 0.842 bits per heavy atom. The lowest BCUT2D eigenvalue weighted by atomic mass is 10.0. The van der Waals surface area contributed by atoms with Crippen molar-refractivity contribution in [2.45, 2.75) is 238 Å². The second kappa shape index (κ2) is 43.8. The topological polar surface area (TPSA) is 108 Å². The Kier molecular flexibility index (Phi) is 42.5. The van der Waals surface area contributed by atoms with E-state index in [2.05, 4.69) is 54.8 Å². The Morgan fingerprint density at radius 3 is 1.28 bits per heavy atom. The molecule has 0 aliphatic carbocycles. The van der Waals surface area contributed by atoms with Crippen LogP contribution in [0.4, 0.5) is 0 Å². The first-order valence-electron chi connectivity index (χ1n) is 23.7. The molecule has 0 heterocycles. The van der Waals surface area contributed by atoms with E-state index in [1.807, 2.05) is 0 Å². The summed E-state index contributed by atoms with van der Waals surface area (Å²) < 4.78 is 32.1. The minimum absolute atomic E-state index is 0.227. The predicted molar refractivity (Wildman–Crippen MR) is 239 cm³/mol. The van der Waals surface area contributed by atoms with Gasteiger partial charge in [0.2, 0.25) is 0 Å². The summed E-state index contributed by atoms with van der Waals surface area (Å²) in [7, 11) is -3.20. The maximum Gasteiger partial charge on any atom is 0.472 e. The van der Waals surface area contributed by atoms with Gasteiger partial charge in [0.25, 0.3) is 0 Å². The van der Waals surface area contributed by atoms with Crippen molar-refractivity contribution in [2.24, 2.45) is 0 Å². The van der Waals surface area contributed by atoms with Crippen LogP contribution in [0.3, 0.4) is 0 Å². The highest BCUT2D eigenvalue weighted by atomic mass is 31.2. The highest BCUT2D eigenvalue weighted by molar-refractivity contribution is 7.47. The first kappa shape index (κ1) is 55.3. The van der Waals surface area contributed by atoms with Crippen LogP contribution in [0.5, 0.6) is 0 Å². The Morgan fingerprint density at radius 1 is 0.491 bits per heavy atom. The zero-order chi connectivity index (χ0) is 41.8. The minimum Gasteiger partial charge on any atom is -0.462 e. The molecule has 0 saturated carbocycles. The van der Waals surface area contributed by atoms with Gasteiger partial charge in [-0.2, -0.15) is 0 Å². The van der Waals surface area contributed by atoms with Gasteiger partial charge in [0.15, 0.2) is 6.10 Å². The monoisotopic (exact) mass is 825 g/mol. The number of phosphoric ester groups is 1. The second-order valence-corrected chi connectivity index (χ2v) is 17.5. The number of rotatable bonds is 44. The van der Waals surface area contributed by atoms with Crippen molar-refractivity contribution in [1.29, 1.82) is 0 Å². The lowest BCUT2D eigenvalue weighted by molar-refractivity contribution is -0.161. The Balaban J connectivity index is 3.95. The largest absolute Gasteiger partial charge is 0.472 e. The lowest BCUT2D eigenvalue weighted by Gasteiger charge is -2.19. The molecule has 2 unspecified atom stereocenters. The van der Waals surface area contributed by atoms with Crippen LogP contribution in [0.25, 0.3) is 0 Å². The van der Waals surface area contributed by atoms with Crippen LogP contribution in [0.15, 0.2) is 36.5 Å². The average Bonchev–Trinajstić information content (AvgIpc) is 3.20. The van der Waals surface area contributed by atoms with Crippen molar-refractivity contribution in [3.8, 4) is 0 Å². The fourth-order valence-corrected chi connectivity index (χ4v) is 7.19. The van der Waals surface area contributed by atoms with Crippen molar-refractivity contribution < 1.29 is 37.6 Å². The van der Waals surface area contributed by atoms with Crippen LogP contribution in [0.1, 0.15) is 232 Å². The molecule has 334 valence electrons. The molecule has 0 amide bonds. The van der Waals surface area contributed by atoms with Gasteiger partial charge in [0.05, 0.1) is 6.61 Å². The highest BCUT2D eigenvalue weighted by Crippen LogP contribution is 2.42. The number of allylic oxidation sites excluding steroid dienone is 6.